The minimum atomic E-state index is 0.363. The predicted molar refractivity (Wildman–Crippen MR) is 71.1 cm³/mol. The Bertz CT molecular complexity index is 457. The fraction of sp³-hybridized carbons (Fsp3) is 0.364. The van der Waals surface area contributed by atoms with E-state index < -0.39 is 0 Å². The Balaban J connectivity index is 2.56. The minimum absolute atomic E-state index is 0.363. The van der Waals surface area contributed by atoms with Gasteiger partial charge in [-0.25, -0.2) is 11.4 Å². The molecule has 5 nitrogen and oxygen atoms in total. The molecule has 0 radical (unpaired) electrons. The van der Waals surface area contributed by atoms with Gasteiger partial charge in [0.1, 0.15) is 0 Å². The summed E-state index contributed by atoms with van der Waals surface area (Å²) in [7, 11) is 2.05. The van der Waals surface area contributed by atoms with Gasteiger partial charge in [0.2, 0.25) is 0 Å². The van der Waals surface area contributed by atoms with E-state index in [2.05, 4.69) is 15.5 Å². The molecule has 0 bridgehead atoms. The molecule has 0 amide bonds. The second kappa shape index (κ2) is 4.81. The molecule has 0 fully saturated rings. The molecule has 2 rings (SSSR count). The van der Waals surface area contributed by atoms with Crippen LogP contribution in [0.2, 0.25) is 5.02 Å². The van der Waals surface area contributed by atoms with E-state index in [0.29, 0.717) is 10.9 Å². The molecule has 5 N–H and O–H groups in total. The second-order valence-corrected chi connectivity index (χ2v) is 4.54. The van der Waals surface area contributed by atoms with Gasteiger partial charge < -0.3 is 10.6 Å². The molecule has 0 saturated heterocycles. The average molecular weight is 254 g/mol. The summed E-state index contributed by atoms with van der Waals surface area (Å²) >= 11 is 6.10. The number of halogens is 1. The molecule has 0 unspecified atom stereocenters. The van der Waals surface area contributed by atoms with Crippen molar-refractivity contribution >= 4 is 23.1 Å². The molecular weight excluding hydrogens is 238 g/mol. The monoisotopic (exact) mass is 253 g/mol. The number of fused-ring (bicyclic) bond motifs is 1. The van der Waals surface area contributed by atoms with Crippen molar-refractivity contribution in [3.8, 4) is 0 Å². The van der Waals surface area contributed by atoms with Gasteiger partial charge >= 0.3 is 0 Å². The van der Waals surface area contributed by atoms with Crippen molar-refractivity contribution in [2.75, 3.05) is 18.5 Å². The number of hydrazone groups is 1. The van der Waals surface area contributed by atoms with E-state index in [9.17, 15) is 0 Å². The van der Waals surface area contributed by atoms with Crippen molar-refractivity contribution in [1.82, 2.24) is 5.53 Å². The Hall–Kier alpha value is -1.46. The summed E-state index contributed by atoms with van der Waals surface area (Å²) in [6, 6.07) is 3.79. The van der Waals surface area contributed by atoms with Crippen LogP contribution in [0.15, 0.2) is 17.2 Å². The summed E-state index contributed by atoms with van der Waals surface area (Å²) < 4.78 is 0. The van der Waals surface area contributed by atoms with E-state index in [4.69, 9.17) is 23.2 Å². The molecule has 1 aromatic rings. The number of hydrogen-bond acceptors (Lipinski definition) is 4. The smallest absolute Gasteiger partial charge is 0.152 e. The van der Waals surface area contributed by atoms with Gasteiger partial charge in [-0.15, -0.1) is 5.10 Å². The van der Waals surface area contributed by atoms with Crippen LogP contribution in [-0.2, 0) is 6.42 Å². The van der Waals surface area contributed by atoms with Gasteiger partial charge in [-0.1, -0.05) is 11.6 Å². The molecule has 6 heteroatoms. The first kappa shape index (κ1) is 12.0. The Morgan fingerprint density at radius 2 is 2.29 bits per heavy atom. The van der Waals surface area contributed by atoms with E-state index in [1.165, 1.54) is 5.56 Å². The Kier molecular flexibility index (Phi) is 3.40. The predicted octanol–water partition coefficient (Wildman–Crippen LogP) is 0.806. The molecular formula is C11H16ClN5. The average Bonchev–Trinajstić information content (AvgIpc) is 2.30. The van der Waals surface area contributed by atoms with Crippen LogP contribution in [0.3, 0.4) is 0 Å². The summed E-state index contributed by atoms with van der Waals surface area (Å²) in [5.41, 5.74) is 11.2. The SMILES string of the molecule is CN1CCCc2c(/C(N)=N/NN)cc(Cl)cc21. The summed E-state index contributed by atoms with van der Waals surface area (Å²) in [5.74, 6) is 5.51. The van der Waals surface area contributed by atoms with Gasteiger partial charge in [0.15, 0.2) is 5.84 Å². The highest BCUT2D eigenvalue weighted by Crippen LogP contribution is 2.32. The highest BCUT2D eigenvalue weighted by molar-refractivity contribution is 6.31. The number of rotatable bonds is 2. The zero-order valence-corrected chi connectivity index (χ0v) is 10.5. The van der Waals surface area contributed by atoms with Gasteiger partial charge in [-0.2, -0.15) is 0 Å². The maximum absolute atomic E-state index is 6.10. The van der Waals surface area contributed by atoms with E-state index in [-0.39, 0.29) is 0 Å². The van der Waals surface area contributed by atoms with Crippen LogP contribution in [0, 0.1) is 0 Å². The molecule has 1 aliphatic heterocycles. The summed E-state index contributed by atoms with van der Waals surface area (Å²) in [5, 5.41) is 4.47. The van der Waals surface area contributed by atoms with Crippen molar-refractivity contribution < 1.29 is 0 Å². The molecule has 0 saturated carbocycles. The maximum atomic E-state index is 6.10. The van der Waals surface area contributed by atoms with Gasteiger partial charge in [0.25, 0.3) is 0 Å². The second-order valence-electron chi connectivity index (χ2n) is 4.10. The number of hydrogen-bond donors (Lipinski definition) is 3. The van der Waals surface area contributed by atoms with Crippen LogP contribution in [0.5, 0.6) is 0 Å². The minimum Gasteiger partial charge on any atom is -0.382 e. The molecule has 0 spiro atoms. The molecule has 0 atom stereocenters. The van der Waals surface area contributed by atoms with Crippen molar-refractivity contribution in [1.29, 1.82) is 0 Å². The number of nitrogens with one attached hydrogen (secondary N) is 1. The number of amidine groups is 1. The first-order chi connectivity index (χ1) is 8.13. The largest absolute Gasteiger partial charge is 0.382 e. The van der Waals surface area contributed by atoms with E-state index >= 15 is 0 Å². The van der Waals surface area contributed by atoms with Crippen LogP contribution in [0.25, 0.3) is 0 Å². The number of benzene rings is 1. The zero-order valence-electron chi connectivity index (χ0n) is 9.70. The number of hydrazine groups is 1. The van der Waals surface area contributed by atoms with Crippen LogP contribution >= 0.6 is 11.6 Å². The van der Waals surface area contributed by atoms with E-state index in [0.717, 1.165) is 30.6 Å². The third-order valence-corrected chi connectivity index (χ3v) is 3.20. The van der Waals surface area contributed by atoms with Gasteiger partial charge in [-0.05, 0) is 30.5 Å². The third-order valence-electron chi connectivity index (χ3n) is 2.98. The highest BCUT2D eigenvalue weighted by atomic mass is 35.5. The lowest BCUT2D eigenvalue weighted by Crippen LogP contribution is -2.29. The Morgan fingerprint density at radius 1 is 1.53 bits per heavy atom. The van der Waals surface area contributed by atoms with Crippen LogP contribution in [0.4, 0.5) is 5.69 Å². The van der Waals surface area contributed by atoms with E-state index in [1.807, 2.05) is 19.2 Å². The van der Waals surface area contributed by atoms with Crippen LogP contribution in [-0.4, -0.2) is 19.4 Å². The number of anilines is 1. The normalized spacial score (nSPS) is 15.7. The third kappa shape index (κ3) is 2.30. The van der Waals surface area contributed by atoms with Crippen molar-refractivity contribution in [3.05, 3.63) is 28.3 Å². The van der Waals surface area contributed by atoms with Crippen molar-refractivity contribution in [2.45, 2.75) is 12.8 Å². The number of nitrogens with zero attached hydrogens (tertiary/aromatic N) is 2. The fourth-order valence-electron chi connectivity index (χ4n) is 2.20. The Morgan fingerprint density at radius 3 is 3.00 bits per heavy atom. The van der Waals surface area contributed by atoms with Gasteiger partial charge in [-0.3, -0.25) is 0 Å². The number of nitrogens with two attached hydrogens (primary N) is 2. The molecule has 1 aliphatic rings. The Labute approximate surface area is 105 Å². The lowest BCUT2D eigenvalue weighted by Gasteiger charge is -2.29. The van der Waals surface area contributed by atoms with Crippen LogP contribution < -0.4 is 22.0 Å². The maximum Gasteiger partial charge on any atom is 0.152 e. The lowest BCUT2D eigenvalue weighted by atomic mass is 9.96. The first-order valence-corrected chi connectivity index (χ1v) is 5.84. The molecule has 1 heterocycles. The first-order valence-electron chi connectivity index (χ1n) is 5.46. The van der Waals surface area contributed by atoms with Crippen molar-refractivity contribution in [2.24, 2.45) is 16.7 Å². The van der Waals surface area contributed by atoms with Gasteiger partial charge in [0, 0.05) is 29.9 Å². The zero-order chi connectivity index (χ0) is 12.4. The van der Waals surface area contributed by atoms with Gasteiger partial charge in [0.05, 0.1) is 0 Å². The fourth-order valence-corrected chi connectivity index (χ4v) is 2.41. The topological polar surface area (TPSA) is 79.7 Å². The van der Waals surface area contributed by atoms with E-state index in [1.54, 1.807) is 0 Å². The molecule has 17 heavy (non-hydrogen) atoms. The van der Waals surface area contributed by atoms with Crippen molar-refractivity contribution in [3.63, 3.8) is 0 Å². The molecule has 1 aromatic carbocycles. The molecule has 0 aliphatic carbocycles. The van der Waals surface area contributed by atoms with Crippen LogP contribution in [0.1, 0.15) is 17.5 Å². The quantitative estimate of drug-likeness (QED) is 0.315. The summed E-state index contributed by atoms with van der Waals surface area (Å²) in [6.07, 6.45) is 2.08. The summed E-state index contributed by atoms with van der Waals surface area (Å²) in [4.78, 5) is 2.18. The lowest BCUT2D eigenvalue weighted by molar-refractivity contribution is 0.742. The summed E-state index contributed by atoms with van der Waals surface area (Å²) in [6.45, 7) is 1.03. The highest BCUT2D eigenvalue weighted by Gasteiger charge is 2.19. The molecule has 92 valence electrons. The standard InChI is InChI=1S/C11H16ClN5/c1-17-4-2-3-8-9(11(13)15-16-14)5-7(12)6-10(8)17/h5-6,16H,2-4,14H2,1H3,(H2,13,15). The molecule has 0 aromatic heterocycles.